The molecule has 1 aromatic heterocycles. The Balaban J connectivity index is 1.59. The number of fused-ring (bicyclic) bond motifs is 1. The highest BCUT2D eigenvalue weighted by molar-refractivity contribution is 6.00. The summed E-state index contributed by atoms with van der Waals surface area (Å²) in [5.74, 6) is -0.951. The number of ketones is 1. The van der Waals surface area contributed by atoms with E-state index in [2.05, 4.69) is 15.3 Å². The average molecular weight is 405 g/mol. The van der Waals surface area contributed by atoms with E-state index < -0.39 is 5.97 Å². The molecule has 1 heterocycles. The van der Waals surface area contributed by atoms with Crippen molar-refractivity contribution in [3.8, 4) is 0 Å². The Morgan fingerprint density at radius 1 is 0.900 bits per heavy atom. The molecule has 0 fully saturated rings. The number of rotatable bonds is 7. The van der Waals surface area contributed by atoms with E-state index in [0.29, 0.717) is 35.1 Å². The van der Waals surface area contributed by atoms with Crippen LogP contribution in [0.5, 0.6) is 0 Å². The lowest BCUT2D eigenvalue weighted by Gasteiger charge is -2.07. The Labute approximate surface area is 174 Å². The number of ether oxygens (including phenoxy) is 1. The number of amides is 1. The summed E-state index contributed by atoms with van der Waals surface area (Å²) < 4.78 is 5.18. The molecule has 7 heteroatoms. The third-order valence-corrected chi connectivity index (χ3v) is 4.71. The summed E-state index contributed by atoms with van der Waals surface area (Å²) in [5.41, 5.74) is 4.72. The molecule has 154 valence electrons. The second-order valence-corrected chi connectivity index (χ2v) is 7.03. The summed E-state index contributed by atoms with van der Waals surface area (Å²) in [7, 11) is 0. The first-order valence-electron chi connectivity index (χ1n) is 9.62. The van der Waals surface area contributed by atoms with Gasteiger partial charge in [0.2, 0.25) is 5.91 Å². The fourth-order valence-electron chi connectivity index (χ4n) is 2.90. The Hall–Kier alpha value is -3.61. The Kier molecular flexibility index (Phi) is 6.51. The lowest BCUT2D eigenvalue weighted by atomic mass is 10.1. The van der Waals surface area contributed by atoms with Gasteiger partial charge in [-0.05, 0) is 44.0 Å². The minimum absolute atomic E-state index is 0.0766. The Bertz CT molecular complexity index is 1110. The SMILES string of the molecule is CC(=O)NCCc1ccc(C(=O)COC(=O)c2ccc3nc(C)c(C)nc3c2)cc1. The molecular formula is C23H23N3O4. The van der Waals surface area contributed by atoms with Crippen LogP contribution in [0.3, 0.4) is 0 Å². The summed E-state index contributed by atoms with van der Waals surface area (Å²) in [4.78, 5) is 44.4. The van der Waals surface area contributed by atoms with Gasteiger partial charge in [-0.25, -0.2) is 14.8 Å². The van der Waals surface area contributed by atoms with Crippen molar-refractivity contribution in [2.75, 3.05) is 13.2 Å². The van der Waals surface area contributed by atoms with Crippen LogP contribution in [0.4, 0.5) is 0 Å². The lowest BCUT2D eigenvalue weighted by Crippen LogP contribution is -2.22. The van der Waals surface area contributed by atoms with Crippen LogP contribution in [0.25, 0.3) is 11.0 Å². The molecule has 0 radical (unpaired) electrons. The van der Waals surface area contributed by atoms with Crippen molar-refractivity contribution in [3.63, 3.8) is 0 Å². The molecule has 0 unspecified atom stereocenters. The molecule has 0 spiro atoms. The predicted molar refractivity (Wildman–Crippen MR) is 112 cm³/mol. The topological polar surface area (TPSA) is 98.2 Å². The number of Topliss-reactive ketones (excluding diaryl/α,β-unsaturated/α-hetero) is 1. The maximum absolute atomic E-state index is 12.3. The first-order valence-corrected chi connectivity index (χ1v) is 9.62. The van der Waals surface area contributed by atoms with E-state index in [0.717, 1.165) is 17.0 Å². The molecule has 2 aromatic carbocycles. The van der Waals surface area contributed by atoms with Crippen molar-refractivity contribution in [1.29, 1.82) is 0 Å². The predicted octanol–water partition coefficient (Wildman–Crippen LogP) is 2.96. The van der Waals surface area contributed by atoms with Crippen LogP contribution >= 0.6 is 0 Å². The largest absolute Gasteiger partial charge is 0.454 e. The minimum Gasteiger partial charge on any atom is -0.454 e. The van der Waals surface area contributed by atoms with Crippen molar-refractivity contribution in [2.45, 2.75) is 27.2 Å². The van der Waals surface area contributed by atoms with Crippen LogP contribution in [0.2, 0.25) is 0 Å². The van der Waals surface area contributed by atoms with Crippen molar-refractivity contribution in [2.24, 2.45) is 0 Å². The molecule has 0 bridgehead atoms. The smallest absolute Gasteiger partial charge is 0.338 e. The van der Waals surface area contributed by atoms with Crippen molar-refractivity contribution >= 4 is 28.7 Å². The molecule has 0 aliphatic heterocycles. The fourth-order valence-corrected chi connectivity index (χ4v) is 2.90. The quantitative estimate of drug-likeness (QED) is 0.479. The number of carbonyl (C=O) groups excluding carboxylic acids is 3. The number of benzene rings is 2. The number of aromatic nitrogens is 2. The third-order valence-electron chi connectivity index (χ3n) is 4.71. The van der Waals surface area contributed by atoms with Gasteiger partial charge in [-0.3, -0.25) is 9.59 Å². The van der Waals surface area contributed by atoms with Gasteiger partial charge >= 0.3 is 5.97 Å². The van der Waals surface area contributed by atoms with Gasteiger partial charge in [-0.1, -0.05) is 24.3 Å². The average Bonchev–Trinajstić information content (AvgIpc) is 2.72. The van der Waals surface area contributed by atoms with Crippen LogP contribution in [-0.2, 0) is 16.0 Å². The molecule has 1 amide bonds. The highest BCUT2D eigenvalue weighted by atomic mass is 16.5. The molecule has 0 saturated carbocycles. The zero-order chi connectivity index (χ0) is 21.7. The van der Waals surface area contributed by atoms with E-state index in [1.165, 1.54) is 6.92 Å². The highest BCUT2D eigenvalue weighted by Crippen LogP contribution is 2.15. The molecule has 0 saturated heterocycles. The first-order chi connectivity index (χ1) is 14.3. The van der Waals surface area contributed by atoms with Gasteiger partial charge in [-0.15, -0.1) is 0 Å². The zero-order valence-electron chi connectivity index (χ0n) is 17.2. The van der Waals surface area contributed by atoms with E-state index in [-0.39, 0.29) is 18.3 Å². The van der Waals surface area contributed by atoms with Crippen molar-refractivity contribution in [1.82, 2.24) is 15.3 Å². The van der Waals surface area contributed by atoms with E-state index in [9.17, 15) is 14.4 Å². The van der Waals surface area contributed by atoms with Gasteiger partial charge in [0.05, 0.1) is 28.0 Å². The second kappa shape index (κ2) is 9.26. The van der Waals surface area contributed by atoms with Crippen LogP contribution < -0.4 is 5.32 Å². The third kappa shape index (κ3) is 5.26. The number of hydrogen-bond acceptors (Lipinski definition) is 6. The van der Waals surface area contributed by atoms with Gasteiger partial charge < -0.3 is 10.1 Å². The van der Waals surface area contributed by atoms with Crippen molar-refractivity contribution in [3.05, 3.63) is 70.5 Å². The van der Waals surface area contributed by atoms with E-state index in [1.807, 2.05) is 26.0 Å². The Morgan fingerprint density at radius 2 is 1.53 bits per heavy atom. The van der Waals surface area contributed by atoms with Gasteiger partial charge in [0.25, 0.3) is 0 Å². The van der Waals surface area contributed by atoms with E-state index in [1.54, 1.807) is 30.3 Å². The number of nitrogens with one attached hydrogen (secondary N) is 1. The van der Waals surface area contributed by atoms with Gasteiger partial charge in [-0.2, -0.15) is 0 Å². The standard InChI is InChI=1S/C23H23N3O4/c1-14-15(2)26-21-12-19(8-9-20(21)25-14)23(29)30-13-22(28)18-6-4-17(5-7-18)10-11-24-16(3)27/h4-9,12H,10-11,13H2,1-3H3,(H,24,27). The Morgan fingerprint density at radius 3 is 2.20 bits per heavy atom. The number of esters is 1. The maximum Gasteiger partial charge on any atom is 0.338 e. The summed E-state index contributed by atoms with van der Waals surface area (Å²) in [6, 6.07) is 12.0. The monoisotopic (exact) mass is 405 g/mol. The van der Waals surface area contributed by atoms with E-state index in [4.69, 9.17) is 4.74 Å². The zero-order valence-corrected chi connectivity index (χ0v) is 17.2. The molecule has 0 aliphatic rings. The van der Waals surface area contributed by atoms with Crippen LogP contribution in [-0.4, -0.2) is 40.8 Å². The summed E-state index contributed by atoms with van der Waals surface area (Å²) in [6.45, 7) is 5.40. The lowest BCUT2D eigenvalue weighted by molar-refractivity contribution is -0.118. The second-order valence-electron chi connectivity index (χ2n) is 7.03. The summed E-state index contributed by atoms with van der Waals surface area (Å²) >= 11 is 0. The number of carbonyl (C=O) groups is 3. The van der Waals surface area contributed by atoms with Crippen molar-refractivity contribution < 1.29 is 19.1 Å². The summed E-state index contributed by atoms with van der Waals surface area (Å²) in [5, 5.41) is 2.72. The van der Waals surface area contributed by atoms with Gasteiger partial charge in [0, 0.05) is 19.0 Å². The van der Waals surface area contributed by atoms with Gasteiger partial charge in [0.15, 0.2) is 12.4 Å². The first kappa shape index (κ1) is 21.1. The molecule has 30 heavy (non-hydrogen) atoms. The fraction of sp³-hybridized carbons (Fsp3) is 0.261. The van der Waals surface area contributed by atoms with Crippen LogP contribution in [0.1, 0.15) is 44.6 Å². The molecule has 3 rings (SSSR count). The maximum atomic E-state index is 12.3. The van der Waals surface area contributed by atoms with Gasteiger partial charge in [0.1, 0.15) is 0 Å². The molecule has 0 aliphatic carbocycles. The minimum atomic E-state index is -0.586. The molecule has 7 nitrogen and oxygen atoms in total. The normalized spacial score (nSPS) is 10.6. The summed E-state index contributed by atoms with van der Waals surface area (Å²) in [6.07, 6.45) is 0.674. The molecular weight excluding hydrogens is 382 g/mol. The van der Waals surface area contributed by atoms with Crippen LogP contribution in [0, 0.1) is 13.8 Å². The molecule has 3 aromatic rings. The van der Waals surface area contributed by atoms with Crippen LogP contribution in [0.15, 0.2) is 42.5 Å². The highest BCUT2D eigenvalue weighted by Gasteiger charge is 2.13. The number of aryl methyl sites for hydroxylation is 2. The van der Waals surface area contributed by atoms with E-state index >= 15 is 0 Å². The molecule has 0 atom stereocenters. The number of hydrogen-bond donors (Lipinski definition) is 1. The number of nitrogens with zero attached hydrogens (tertiary/aromatic N) is 2. The molecule has 1 N–H and O–H groups in total.